The number of alkyl halides is 3. The largest absolute Gasteiger partial charge is 0.495 e. The minimum Gasteiger partial charge on any atom is -0.495 e. The fourth-order valence-electron chi connectivity index (χ4n) is 1.12. The van der Waals surface area contributed by atoms with Gasteiger partial charge in [-0.15, -0.1) is 0 Å². The van der Waals surface area contributed by atoms with E-state index in [-0.39, 0.29) is 11.4 Å². The SMILES string of the molecule is COc1cc(NC(=O)CC(F)(F)F)ccc1Cl. The van der Waals surface area contributed by atoms with Crippen LogP contribution in [0.3, 0.4) is 0 Å². The van der Waals surface area contributed by atoms with Gasteiger partial charge in [0.2, 0.25) is 5.91 Å². The van der Waals surface area contributed by atoms with Crippen molar-refractivity contribution < 1.29 is 22.7 Å². The normalized spacial score (nSPS) is 11.1. The molecule has 0 radical (unpaired) electrons. The maximum absolute atomic E-state index is 11.9. The average molecular weight is 268 g/mol. The van der Waals surface area contributed by atoms with E-state index in [0.29, 0.717) is 5.02 Å². The first-order valence-corrected chi connectivity index (χ1v) is 4.90. The Kier molecular flexibility index (Phi) is 4.22. The van der Waals surface area contributed by atoms with Crippen molar-refractivity contribution in [3.05, 3.63) is 23.2 Å². The number of carbonyl (C=O) groups is 1. The lowest BCUT2D eigenvalue weighted by atomic mass is 10.3. The van der Waals surface area contributed by atoms with Gasteiger partial charge in [-0.25, -0.2) is 0 Å². The Morgan fingerprint density at radius 3 is 2.65 bits per heavy atom. The van der Waals surface area contributed by atoms with Crippen LogP contribution in [0.2, 0.25) is 5.02 Å². The second-order valence-electron chi connectivity index (χ2n) is 3.19. The highest BCUT2D eigenvalue weighted by molar-refractivity contribution is 6.32. The summed E-state index contributed by atoms with van der Waals surface area (Å²) in [5, 5.41) is 2.41. The van der Waals surface area contributed by atoms with Crippen LogP contribution in [0.4, 0.5) is 18.9 Å². The van der Waals surface area contributed by atoms with Crippen LogP contribution >= 0.6 is 11.6 Å². The monoisotopic (exact) mass is 267 g/mol. The number of nitrogens with one attached hydrogen (secondary N) is 1. The first kappa shape index (κ1) is 13.6. The molecule has 1 amide bonds. The van der Waals surface area contributed by atoms with Gasteiger partial charge in [0.15, 0.2) is 0 Å². The lowest BCUT2D eigenvalue weighted by Gasteiger charge is -2.09. The van der Waals surface area contributed by atoms with Gasteiger partial charge in [0.25, 0.3) is 0 Å². The number of ether oxygens (including phenoxy) is 1. The lowest BCUT2D eigenvalue weighted by Crippen LogP contribution is -2.21. The van der Waals surface area contributed by atoms with Gasteiger partial charge in [0.1, 0.15) is 12.2 Å². The van der Waals surface area contributed by atoms with E-state index >= 15 is 0 Å². The zero-order valence-corrected chi connectivity index (χ0v) is 9.52. The van der Waals surface area contributed by atoms with Gasteiger partial charge in [-0.3, -0.25) is 4.79 Å². The fourth-order valence-corrected chi connectivity index (χ4v) is 1.32. The Balaban J connectivity index is 2.72. The van der Waals surface area contributed by atoms with Gasteiger partial charge in [0, 0.05) is 11.8 Å². The van der Waals surface area contributed by atoms with Crippen molar-refractivity contribution in [1.82, 2.24) is 0 Å². The Labute approximate surface area is 101 Å². The number of halogens is 4. The van der Waals surface area contributed by atoms with Crippen LogP contribution in [-0.4, -0.2) is 19.2 Å². The maximum atomic E-state index is 11.9. The van der Waals surface area contributed by atoms with Gasteiger partial charge >= 0.3 is 6.18 Å². The van der Waals surface area contributed by atoms with E-state index in [1.165, 1.54) is 25.3 Å². The average Bonchev–Trinajstić information content (AvgIpc) is 2.18. The third-order valence-corrected chi connectivity index (χ3v) is 2.11. The van der Waals surface area contributed by atoms with Crippen LogP contribution in [0.5, 0.6) is 5.75 Å². The predicted octanol–water partition coefficient (Wildman–Crippen LogP) is 3.24. The topological polar surface area (TPSA) is 38.3 Å². The second-order valence-corrected chi connectivity index (χ2v) is 3.60. The molecule has 0 aliphatic carbocycles. The van der Waals surface area contributed by atoms with Crippen LogP contribution in [0.15, 0.2) is 18.2 Å². The minimum atomic E-state index is -4.53. The molecule has 0 bridgehead atoms. The molecule has 0 aliphatic rings. The molecule has 7 heteroatoms. The summed E-state index contributed by atoms with van der Waals surface area (Å²) in [4.78, 5) is 11.0. The number of carbonyl (C=O) groups excluding carboxylic acids is 1. The first-order chi connectivity index (χ1) is 7.81. The highest BCUT2D eigenvalue weighted by Crippen LogP contribution is 2.28. The van der Waals surface area contributed by atoms with Gasteiger partial charge in [-0.2, -0.15) is 13.2 Å². The molecule has 1 aromatic carbocycles. The summed E-state index contributed by atoms with van der Waals surface area (Å²) in [5.41, 5.74) is 0.195. The van der Waals surface area contributed by atoms with E-state index in [2.05, 4.69) is 5.32 Å². The number of benzene rings is 1. The van der Waals surface area contributed by atoms with Gasteiger partial charge < -0.3 is 10.1 Å². The first-order valence-electron chi connectivity index (χ1n) is 4.52. The van der Waals surface area contributed by atoms with Crippen molar-refractivity contribution in [3.8, 4) is 5.75 Å². The summed E-state index contributed by atoms with van der Waals surface area (Å²) in [6.07, 6.45) is -6.06. The predicted molar refractivity (Wildman–Crippen MR) is 57.3 cm³/mol. The highest BCUT2D eigenvalue weighted by Gasteiger charge is 2.31. The molecular weight excluding hydrogens is 259 g/mol. The zero-order chi connectivity index (χ0) is 13.1. The van der Waals surface area contributed by atoms with Crippen molar-refractivity contribution in [3.63, 3.8) is 0 Å². The quantitative estimate of drug-likeness (QED) is 0.913. The molecule has 0 aliphatic heterocycles. The number of hydrogen-bond acceptors (Lipinski definition) is 2. The molecule has 0 heterocycles. The summed E-state index contributed by atoms with van der Waals surface area (Å²) in [5.74, 6) is -0.863. The zero-order valence-electron chi connectivity index (χ0n) is 8.77. The molecular formula is C10H9ClF3NO2. The Morgan fingerprint density at radius 1 is 1.47 bits per heavy atom. The van der Waals surface area contributed by atoms with Crippen molar-refractivity contribution in [2.24, 2.45) is 0 Å². The van der Waals surface area contributed by atoms with Gasteiger partial charge in [-0.1, -0.05) is 11.6 Å². The number of rotatable bonds is 3. The van der Waals surface area contributed by atoms with Crippen LogP contribution in [0.1, 0.15) is 6.42 Å². The second kappa shape index (κ2) is 5.27. The Hall–Kier alpha value is -1.43. The van der Waals surface area contributed by atoms with E-state index in [4.69, 9.17) is 16.3 Å². The summed E-state index contributed by atoms with van der Waals surface area (Å²) in [6.45, 7) is 0. The summed E-state index contributed by atoms with van der Waals surface area (Å²) in [7, 11) is 1.36. The smallest absolute Gasteiger partial charge is 0.397 e. The van der Waals surface area contributed by atoms with Gasteiger partial charge in [0.05, 0.1) is 12.1 Å². The fraction of sp³-hybridized carbons (Fsp3) is 0.300. The molecule has 0 saturated heterocycles. The molecule has 1 aromatic rings. The van der Waals surface area contributed by atoms with E-state index in [1.807, 2.05) is 0 Å². The maximum Gasteiger partial charge on any atom is 0.397 e. The van der Waals surface area contributed by atoms with E-state index in [1.54, 1.807) is 0 Å². The third-order valence-electron chi connectivity index (χ3n) is 1.80. The van der Waals surface area contributed by atoms with Gasteiger partial charge in [-0.05, 0) is 12.1 Å². The van der Waals surface area contributed by atoms with Crippen LogP contribution in [0.25, 0.3) is 0 Å². The Bertz CT molecular complexity index is 421. The third kappa shape index (κ3) is 4.52. The molecule has 0 aromatic heterocycles. The number of amides is 1. The van der Waals surface area contributed by atoms with Crippen molar-refractivity contribution >= 4 is 23.2 Å². The molecule has 0 fully saturated rings. The van der Waals surface area contributed by atoms with E-state index < -0.39 is 18.5 Å². The molecule has 0 spiro atoms. The minimum absolute atomic E-state index is 0.195. The summed E-state index contributed by atoms with van der Waals surface area (Å²) >= 11 is 5.72. The molecule has 0 unspecified atom stereocenters. The summed E-state index contributed by atoms with van der Waals surface area (Å²) in [6, 6.07) is 4.15. The molecule has 1 N–H and O–H groups in total. The van der Waals surface area contributed by atoms with Crippen molar-refractivity contribution in [2.45, 2.75) is 12.6 Å². The molecule has 1 rings (SSSR count). The molecule has 3 nitrogen and oxygen atoms in total. The van der Waals surface area contributed by atoms with Crippen LogP contribution < -0.4 is 10.1 Å². The number of hydrogen-bond donors (Lipinski definition) is 1. The molecule has 0 atom stereocenters. The van der Waals surface area contributed by atoms with Crippen LogP contribution in [-0.2, 0) is 4.79 Å². The van der Waals surface area contributed by atoms with E-state index in [0.717, 1.165) is 0 Å². The van der Waals surface area contributed by atoms with Crippen molar-refractivity contribution in [2.75, 3.05) is 12.4 Å². The molecule has 17 heavy (non-hydrogen) atoms. The van der Waals surface area contributed by atoms with Crippen molar-refractivity contribution in [1.29, 1.82) is 0 Å². The van der Waals surface area contributed by atoms with Crippen LogP contribution in [0, 0.1) is 0 Å². The summed E-state index contributed by atoms with van der Waals surface area (Å²) < 4.78 is 40.6. The number of anilines is 1. The molecule has 0 saturated carbocycles. The molecule has 94 valence electrons. The standard InChI is InChI=1S/C10H9ClF3NO2/c1-17-8-4-6(2-3-7(8)11)15-9(16)5-10(12,13)14/h2-4H,5H2,1H3,(H,15,16). The highest BCUT2D eigenvalue weighted by atomic mass is 35.5. The number of methoxy groups -OCH3 is 1. The van der Waals surface area contributed by atoms with E-state index in [9.17, 15) is 18.0 Å². The Morgan fingerprint density at radius 2 is 2.12 bits per heavy atom. The lowest BCUT2D eigenvalue weighted by molar-refractivity contribution is -0.150.